The summed E-state index contributed by atoms with van der Waals surface area (Å²) in [4.78, 5) is 21.6. The number of rotatable bonds is 6. The predicted octanol–water partition coefficient (Wildman–Crippen LogP) is 3.57. The second-order valence-corrected chi connectivity index (χ2v) is 7.36. The average Bonchev–Trinajstić information content (AvgIpc) is 3.14. The first-order valence-electron chi connectivity index (χ1n) is 10.0. The Labute approximate surface area is 171 Å². The van der Waals surface area contributed by atoms with E-state index in [1.165, 1.54) is 5.56 Å². The molecule has 0 radical (unpaired) electrons. The van der Waals surface area contributed by atoms with Gasteiger partial charge in [-0.15, -0.1) is 0 Å². The van der Waals surface area contributed by atoms with Gasteiger partial charge in [-0.1, -0.05) is 30.3 Å². The van der Waals surface area contributed by atoms with Crippen molar-refractivity contribution in [3.8, 4) is 0 Å². The highest BCUT2D eigenvalue weighted by Gasteiger charge is 2.16. The van der Waals surface area contributed by atoms with Gasteiger partial charge in [-0.25, -0.2) is 4.98 Å². The van der Waals surface area contributed by atoms with E-state index in [-0.39, 0.29) is 5.91 Å². The number of hydrogen-bond donors (Lipinski definition) is 1. The summed E-state index contributed by atoms with van der Waals surface area (Å²) in [6, 6.07) is 15.7. The summed E-state index contributed by atoms with van der Waals surface area (Å²) in [5.74, 6) is 0.923. The predicted molar refractivity (Wildman–Crippen MR) is 114 cm³/mol. The summed E-state index contributed by atoms with van der Waals surface area (Å²) < 4.78 is 5.17. The van der Waals surface area contributed by atoms with Crippen LogP contribution in [0.4, 0.5) is 11.5 Å². The molecule has 1 aromatic carbocycles. The molecule has 0 unspecified atom stereocenters. The fraction of sp³-hybridized carbons (Fsp3) is 0.304. The standard InChI is InChI=1S/C23H26N4O2/c28-23(15-19-5-2-1-3-6-19)25-21-7-8-22(24-16-21)27-11-4-10-26(12-13-27)17-20-9-14-29-18-20/h1-3,5-9,14,16,18H,4,10-13,15,17H2,(H,25,28). The second kappa shape index (κ2) is 9.39. The first-order chi connectivity index (χ1) is 14.3. The van der Waals surface area contributed by atoms with Gasteiger partial charge in [0.15, 0.2) is 0 Å². The molecule has 0 atom stereocenters. The summed E-state index contributed by atoms with van der Waals surface area (Å²) in [5.41, 5.74) is 2.94. The Bertz CT molecular complexity index is 894. The van der Waals surface area contributed by atoms with Crippen LogP contribution >= 0.6 is 0 Å². The van der Waals surface area contributed by atoms with E-state index < -0.39 is 0 Å². The minimum absolute atomic E-state index is 0.0320. The lowest BCUT2D eigenvalue weighted by Gasteiger charge is -2.22. The van der Waals surface area contributed by atoms with Gasteiger partial charge in [0.25, 0.3) is 0 Å². The van der Waals surface area contributed by atoms with Crippen molar-refractivity contribution in [1.82, 2.24) is 9.88 Å². The van der Waals surface area contributed by atoms with E-state index in [4.69, 9.17) is 4.42 Å². The maximum atomic E-state index is 12.2. The lowest BCUT2D eigenvalue weighted by molar-refractivity contribution is -0.115. The SMILES string of the molecule is O=C(Cc1ccccc1)Nc1ccc(N2CCCN(Cc3ccoc3)CC2)nc1. The molecular weight excluding hydrogens is 364 g/mol. The third-order valence-electron chi connectivity index (χ3n) is 5.14. The molecule has 6 nitrogen and oxygen atoms in total. The van der Waals surface area contributed by atoms with Crippen LogP contribution < -0.4 is 10.2 Å². The summed E-state index contributed by atoms with van der Waals surface area (Å²) in [5, 5.41) is 2.93. The van der Waals surface area contributed by atoms with Crippen molar-refractivity contribution in [1.29, 1.82) is 0 Å². The van der Waals surface area contributed by atoms with Crippen LogP contribution in [-0.4, -0.2) is 42.0 Å². The Morgan fingerprint density at radius 3 is 2.66 bits per heavy atom. The van der Waals surface area contributed by atoms with Crippen LogP contribution in [0.3, 0.4) is 0 Å². The molecule has 3 heterocycles. The van der Waals surface area contributed by atoms with Gasteiger partial charge >= 0.3 is 0 Å². The molecule has 6 heteroatoms. The molecule has 1 saturated heterocycles. The Balaban J connectivity index is 1.30. The van der Waals surface area contributed by atoms with Crippen molar-refractivity contribution in [2.75, 3.05) is 36.4 Å². The van der Waals surface area contributed by atoms with Gasteiger partial charge in [-0.3, -0.25) is 9.69 Å². The van der Waals surface area contributed by atoms with E-state index in [0.29, 0.717) is 6.42 Å². The number of anilines is 2. The highest BCUT2D eigenvalue weighted by molar-refractivity contribution is 5.92. The van der Waals surface area contributed by atoms with Crippen LogP contribution in [0.25, 0.3) is 0 Å². The first kappa shape index (κ1) is 19.2. The number of carbonyl (C=O) groups excluding carboxylic acids is 1. The lowest BCUT2D eigenvalue weighted by Crippen LogP contribution is -2.30. The summed E-state index contributed by atoms with van der Waals surface area (Å²) in [6.07, 6.45) is 6.74. The number of amides is 1. The molecule has 3 aromatic rings. The molecule has 1 N–H and O–H groups in total. The molecule has 1 amide bonds. The molecule has 29 heavy (non-hydrogen) atoms. The summed E-state index contributed by atoms with van der Waals surface area (Å²) in [7, 11) is 0. The van der Waals surface area contributed by atoms with Gasteiger partial charge in [-0.05, 0) is 30.2 Å². The van der Waals surface area contributed by atoms with E-state index >= 15 is 0 Å². The third-order valence-corrected chi connectivity index (χ3v) is 5.14. The zero-order chi connectivity index (χ0) is 19.9. The zero-order valence-electron chi connectivity index (χ0n) is 16.5. The van der Waals surface area contributed by atoms with Crippen molar-refractivity contribution in [2.45, 2.75) is 19.4 Å². The van der Waals surface area contributed by atoms with Crippen LogP contribution in [-0.2, 0) is 17.8 Å². The maximum Gasteiger partial charge on any atom is 0.228 e. The average molecular weight is 390 g/mol. The molecule has 4 rings (SSSR count). The maximum absolute atomic E-state index is 12.2. The van der Waals surface area contributed by atoms with Crippen LogP contribution in [0.15, 0.2) is 71.7 Å². The quantitative estimate of drug-likeness (QED) is 0.697. The minimum atomic E-state index is -0.0320. The van der Waals surface area contributed by atoms with Crippen LogP contribution in [0.2, 0.25) is 0 Å². The number of aromatic nitrogens is 1. The van der Waals surface area contributed by atoms with Gasteiger partial charge in [-0.2, -0.15) is 0 Å². The smallest absolute Gasteiger partial charge is 0.228 e. The number of pyridine rings is 1. The van der Waals surface area contributed by atoms with Crippen LogP contribution in [0, 0.1) is 0 Å². The normalized spacial score (nSPS) is 15.1. The summed E-state index contributed by atoms with van der Waals surface area (Å²) >= 11 is 0. The molecule has 1 aliphatic heterocycles. The number of benzene rings is 1. The Morgan fingerprint density at radius 2 is 1.90 bits per heavy atom. The molecule has 150 valence electrons. The van der Waals surface area contributed by atoms with Crippen molar-refractivity contribution in [3.05, 3.63) is 78.4 Å². The van der Waals surface area contributed by atoms with Crippen molar-refractivity contribution < 1.29 is 9.21 Å². The van der Waals surface area contributed by atoms with Crippen molar-refractivity contribution in [2.24, 2.45) is 0 Å². The second-order valence-electron chi connectivity index (χ2n) is 7.36. The number of carbonyl (C=O) groups is 1. The largest absolute Gasteiger partial charge is 0.472 e. The molecule has 1 aliphatic rings. The monoisotopic (exact) mass is 390 g/mol. The fourth-order valence-electron chi connectivity index (χ4n) is 3.63. The first-order valence-corrected chi connectivity index (χ1v) is 10.0. The molecule has 2 aromatic heterocycles. The minimum Gasteiger partial charge on any atom is -0.472 e. The van der Waals surface area contributed by atoms with Crippen LogP contribution in [0.1, 0.15) is 17.5 Å². The van der Waals surface area contributed by atoms with E-state index in [1.54, 1.807) is 12.5 Å². The van der Waals surface area contributed by atoms with Crippen molar-refractivity contribution in [3.63, 3.8) is 0 Å². The zero-order valence-corrected chi connectivity index (χ0v) is 16.5. The van der Waals surface area contributed by atoms with E-state index in [0.717, 1.165) is 56.2 Å². The topological polar surface area (TPSA) is 61.6 Å². The molecular formula is C23H26N4O2. The van der Waals surface area contributed by atoms with E-state index in [1.807, 2.05) is 54.8 Å². The number of nitrogens with zero attached hydrogens (tertiary/aromatic N) is 3. The van der Waals surface area contributed by atoms with Crippen LogP contribution in [0.5, 0.6) is 0 Å². The van der Waals surface area contributed by atoms with Gasteiger partial charge in [0.2, 0.25) is 5.91 Å². The fourth-order valence-corrected chi connectivity index (χ4v) is 3.63. The van der Waals surface area contributed by atoms with Gasteiger partial charge in [0, 0.05) is 38.3 Å². The molecule has 0 saturated carbocycles. The van der Waals surface area contributed by atoms with Gasteiger partial charge in [0.1, 0.15) is 5.82 Å². The summed E-state index contributed by atoms with van der Waals surface area (Å²) in [6.45, 7) is 4.89. The number of nitrogens with one attached hydrogen (secondary N) is 1. The lowest BCUT2D eigenvalue weighted by atomic mass is 10.1. The van der Waals surface area contributed by atoms with E-state index in [9.17, 15) is 4.79 Å². The highest BCUT2D eigenvalue weighted by Crippen LogP contribution is 2.17. The molecule has 0 bridgehead atoms. The third kappa shape index (κ3) is 5.45. The Hall–Kier alpha value is -3.12. The number of furan rings is 1. The van der Waals surface area contributed by atoms with E-state index in [2.05, 4.69) is 20.1 Å². The number of hydrogen-bond acceptors (Lipinski definition) is 5. The molecule has 0 spiro atoms. The van der Waals surface area contributed by atoms with Crippen molar-refractivity contribution >= 4 is 17.4 Å². The Morgan fingerprint density at radius 1 is 1.00 bits per heavy atom. The molecule has 1 fully saturated rings. The van der Waals surface area contributed by atoms with Gasteiger partial charge < -0.3 is 14.6 Å². The molecule has 0 aliphatic carbocycles. The van der Waals surface area contributed by atoms with Gasteiger partial charge in [0.05, 0.1) is 30.8 Å². The Kier molecular flexibility index (Phi) is 6.22. The highest BCUT2D eigenvalue weighted by atomic mass is 16.3.